The van der Waals surface area contributed by atoms with Crippen LogP contribution in [0.5, 0.6) is 0 Å². The number of benzene rings is 2. The van der Waals surface area contributed by atoms with Gasteiger partial charge in [-0.15, -0.1) is 0 Å². The van der Waals surface area contributed by atoms with Crippen LogP contribution in [0.25, 0.3) is 21.7 Å². The van der Waals surface area contributed by atoms with Crippen molar-refractivity contribution in [2.45, 2.75) is 46.1 Å². The number of rotatable bonds is 3. The van der Waals surface area contributed by atoms with Crippen molar-refractivity contribution in [3.8, 4) is 0 Å². The Balaban J connectivity index is 2.06. The highest BCUT2D eigenvalue weighted by atomic mass is 16.6. The molecule has 5 heteroatoms. The number of nitrogens with one attached hydrogen (secondary N) is 1. The van der Waals surface area contributed by atoms with Gasteiger partial charge in [-0.1, -0.05) is 30.6 Å². The van der Waals surface area contributed by atoms with Crippen LogP contribution in [0, 0.1) is 0 Å². The molecule has 1 aromatic heterocycles. The number of anilines is 1. The maximum absolute atomic E-state index is 12.1. The third-order valence-electron chi connectivity index (χ3n) is 3.69. The summed E-state index contributed by atoms with van der Waals surface area (Å²) in [6.45, 7) is 7.63. The van der Waals surface area contributed by atoms with Crippen molar-refractivity contribution in [3.63, 3.8) is 0 Å². The van der Waals surface area contributed by atoms with E-state index in [4.69, 9.17) is 9.26 Å². The minimum atomic E-state index is -0.537. The van der Waals surface area contributed by atoms with Crippen LogP contribution in [-0.2, 0) is 11.2 Å². The Morgan fingerprint density at radius 2 is 2.00 bits per heavy atom. The minimum absolute atomic E-state index is 0.464. The van der Waals surface area contributed by atoms with Crippen LogP contribution in [0.2, 0.25) is 0 Å². The molecular weight excluding hydrogens is 304 g/mol. The summed E-state index contributed by atoms with van der Waals surface area (Å²) in [6, 6.07) is 9.63. The lowest BCUT2D eigenvalue weighted by Crippen LogP contribution is -2.27. The van der Waals surface area contributed by atoms with Gasteiger partial charge in [0.25, 0.3) is 0 Å². The summed E-state index contributed by atoms with van der Waals surface area (Å²) in [5.41, 5.74) is 1.89. The monoisotopic (exact) mass is 326 g/mol. The van der Waals surface area contributed by atoms with E-state index >= 15 is 0 Å². The fourth-order valence-electron chi connectivity index (χ4n) is 2.79. The molecule has 0 spiro atoms. The second-order valence-corrected chi connectivity index (χ2v) is 6.85. The average molecular weight is 326 g/mol. The number of carbonyl (C=O) groups excluding carboxylic acids is 1. The molecule has 0 aliphatic carbocycles. The van der Waals surface area contributed by atoms with E-state index in [0.717, 1.165) is 40.3 Å². The molecule has 0 unspecified atom stereocenters. The van der Waals surface area contributed by atoms with Crippen molar-refractivity contribution >= 4 is 33.5 Å². The molecule has 0 aliphatic heterocycles. The van der Waals surface area contributed by atoms with E-state index in [0.29, 0.717) is 5.69 Å². The Hall–Kier alpha value is -2.56. The van der Waals surface area contributed by atoms with Crippen LogP contribution in [0.1, 0.15) is 39.8 Å². The SMILES string of the molecule is CCCc1noc2ccc3c(NC(=O)OC(C)(C)C)cccc3c12. The molecule has 126 valence electrons. The van der Waals surface area contributed by atoms with Crippen LogP contribution in [0.4, 0.5) is 10.5 Å². The van der Waals surface area contributed by atoms with Crippen LogP contribution in [-0.4, -0.2) is 16.9 Å². The topological polar surface area (TPSA) is 64.4 Å². The van der Waals surface area contributed by atoms with E-state index in [1.807, 2.05) is 51.1 Å². The second kappa shape index (κ2) is 6.15. The lowest BCUT2D eigenvalue weighted by molar-refractivity contribution is 0.0636. The molecule has 0 fully saturated rings. The van der Waals surface area contributed by atoms with Crippen LogP contribution in [0.15, 0.2) is 34.9 Å². The van der Waals surface area contributed by atoms with Gasteiger partial charge in [-0.2, -0.15) is 0 Å². The molecular formula is C19H22N2O3. The zero-order valence-corrected chi connectivity index (χ0v) is 14.5. The summed E-state index contributed by atoms with van der Waals surface area (Å²) in [7, 11) is 0. The van der Waals surface area contributed by atoms with E-state index in [9.17, 15) is 4.79 Å². The number of fused-ring (bicyclic) bond motifs is 3. The van der Waals surface area contributed by atoms with Crippen LogP contribution in [0.3, 0.4) is 0 Å². The van der Waals surface area contributed by atoms with Crippen molar-refractivity contribution in [1.82, 2.24) is 5.16 Å². The molecule has 0 saturated carbocycles. The third kappa shape index (κ3) is 3.20. The van der Waals surface area contributed by atoms with Gasteiger partial charge in [-0.25, -0.2) is 4.79 Å². The molecule has 3 rings (SSSR count). The summed E-state index contributed by atoms with van der Waals surface area (Å²) in [5.74, 6) is 0. The van der Waals surface area contributed by atoms with Crippen LogP contribution < -0.4 is 5.32 Å². The van der Waals surface area contributed by atoms with Gasteiger partial charge in [0.1, 0.15) is 5.60 Å². The van der Waals surface area contributed by atoms with Gasteiger partial charge >= 0.3 is 6.09 Å². The normalized spacial score (nSPS) is 11.8. The van der Waals surface area contributed by atoms with Crippen molar-refractivity contribution in [3.05, 3.63) is 36.0 Å². The molecule has 0 bridgehead atoms. The first kappa shape index (κ1) is 16.3. The third-order valence-corrected chi connectivity index (χ3v) is 3.69. The first-order valence-electron chi connectivity index (χ1n) is 8.19. The minimum Gasteiger partial charge on any atom is -0.444 e. The maximum atomic E-state index is 12.1. The Morgan fingerprint density at radius 1 is 1.21 bits per heavy atom. The smallest absolute Gasteiger partial charge is 0.412 e. The quantitative estimate of drug-likeness (QED) is 0.711. The molecule has 0 atom stereocenters. The Morgan fingerprint density at radius 3 is 2.71 bits per heavy atom. The predicted molar refractivity (Wildman–Crippen MR) is 95.4 cm³/mol. The highest BCUT2D eigenvalue weighted by Gasteiger charge is 2.18. The highest BCUT2D eigenvalue weighted by molar-refractivity contribution is 6.12. The molecule has 1 amide bonds. The fraction of sp³-hybridized carbons (Fsp3) is 0.368. The Kier molecular flexibility index (Phi) is 4.18. The lowest BCUT2D eigenvalue weighted by atomic mass is 10.0. The number of amides is 1. The molecule has 0 saturated heterocycles. The van der Waals surface area contributed by atoms with E-state index < -0.39 is 11.7 Å². The van der Waals surface area contributed by atoms with E-state index in [1.54, 1.807) is 0 Å². The Bertz CT molecular complexity index is 891. The van der Waals surface area contributed by atoms with Crippen molar-refractivity contribution in [2.75, 3.05) is 5.32 Å². The van der Waals surface area contributed by atoms with E-state index in [-0.39, 0.29) is 0 Å². The zero-order valence-electron chi connectivity index (χ0n) is 14.5. The summed E-state index contributed by atoms with van der Waals surface area (Å²) >= 11 is 0. The first-order valence-corrected chi connectivity index (χ1v) is 8.19. The van der Waals surface area contributed by atoms with Gasteiger partial charge in [0.05, 0.1) is 16.8 Å². The largest absolute Gasteiger partial charge is 0.444 e. The number of carbonyl (C=O) groups is 1. The first-order chi connectivity index (χ1) is 11.4. The summed E-state index contributed by atoms with van der Waals surface area (Å²) < 4.78 is 10.8. The number of ether oxygens (including phenoxy) is 1. The Labute approximate surface area is 141 Å². The van der Waals surface area contributed by atoms with Gasteiger partial charge in [0, 0.05) is 5.39 Å². The fourth-order valence-corrected chi connectivity index (χ4v) is 2.79. The van der Waals surface area contributed by atoms with E-state index in [2.05, 4.69) is 17.4 Å². The molecule has 0 radical (unpaired) electrons. The number of nitrogens with zero attached hydrogens (tertiary/aromatic N) is 1. The van der Waals surface area contributed by atoms with Crippen LogP contribution >= 0.6 is 0 Å². The molecule has 5 nitrogen and oxygen atoms in total. The second-order valence-electron chi connectivity index (χ2n) is 6.85. The number of hydrogen-bond donors (Lipinski definition) is 1. The number of hydrogen-bond acceptors (Lipinski definition) is 4. The number of aromatic nitrogens is 1. The molecule has 3 aromatic rings. The highest BCUT2D eigenvalue weighted by Crippen LogP contribution is 2.33. The van der Waals surface area contributed by atoms with Gasteiger partial charge in [0.15, 0.2) is 5.58 Å². The van der Waals surface area contributed by atoms with Crippen molar-refractivity contribution in [1.29, 1.82) is 0 Å². The lowest BCUT2D eigenvalue weighted by Gasteiger charge is -2.20. The molecule has 1 N–H and O–H groups in total. The summed E-state index contributed by atoms with van der Waals surface area (Å²) in [4.78, 5) is 12.1. The van der Waals surface area contributed by atoms with Gasteiger partial charge < -0.3 is 9.26 Å². The molecule has 0 aliphatic rings. The van der Waals surface area contributed by atoms with Gasteiger partial charge in [-0.05, 0) is 50.8 Å². The van der Waals surface area contributed by atoms with E-state index in [1.165, 1.54) is 0 Å². The van der Waals surface area contributed by atoms with Crippen molar-refractivity contribution in [2.24, 2.45) is 0 Å². The standard InChI is InChI=1S/C19H22N2O3/c1-5-7-15-17-13-8-6-9-14(20-18(22)23-19(2,3)4)12(13)10-11-16(17)24-21-15/h6,8-11H,5,7H2,1-4H3,(H,20,22). The summed E-state index contributed by atoms with van der Waals surface area (Å²) in [6.07, 6.45) is 1.39. The molecule has 24 heavy (non-hydrogen) atoms. The number of aryl methyl sites for hydroxylation is 1. The van der Waals surface area contributed by atoms with Gasteiger partial charge in [0.2, 0.25) is 0 Å². The predicted octanol–water partition coefficient (Wildman–Crippen LogP) is 5.28. The van der Waals surface area contributed by atoms with Crippen molar-refractivity contribution < 1.29 is 14.1 Å². The molecule has 2 aromatic carbocycles. The molecule has 1 heterocycles. The maximum Gasteiger partial charge on any atom is 0.412 e. The van der Waals surface area contributed by atoms with Gasteiger partial charge in [-0.3, -0.25) is 5.32 Å². The zero-order chi connectivity index (χ0) is 17.3. The average Bonchev–Trinajstić information content (AvgIpc) is 2.89. The summed E-state index contributed by atoms with van der Waals surface area (Å²) in [5, 5.41) is 10.0.